The van der Waals surface area contributed by atoms with E-state index in [1.807, 2.05) is 4.90 Å². The van der Waals surface area contributed by atoms with Crippen molar-refractivity contribution in [1.82, 2.24) is 10.2 Å². The second-order valence-electron chi connectivity index (χ2n) is 5.13. The third kappa shape index (κ3) is 4.41. The summed E-state index contributed by atoms with van der Waals surface area (Å²) in [5.74, 6) is 1.10. The number of morpholine rings is 1. The number of ether oxygens (including phenoxy) is 1. The van der Waals surface area contributed by atoms with Gasteiger partial charge in [-0.15, -0.1) is 12.4 Å². The van der Waals surface area contributed by atoms with Crippen molar-refractivity contribution in [3.63, 3.8) is 0 Å². The lowest BCUT2D eigenvalue weighted by atomic mass is 9.94. The van der Waals surface area contributed by atoms with Gasteiger partial charge in [-0.1, -0.05) is 13.3 Å². The van der Waals surface area contributed by atoms with Crippen molar-refractivity contribution in [3.05, 3.63) is 0 Å². The molecule has 0 aromatic rings. The molecule has 18 heavy (non-hydrogen) atoms. The molecule has 1 amide bonds. The summed E-state index contributed by atoms with van der Waals surface area (Å²) in [6.45, 7) is 6.58. The summed E-state index contributed by atoms with van der Waals surface area (Å²) in [7, 11) is 0. The van der Waals surface area contributed by atoms with Crippen LogP contribution in [0.5, 0.6) is 0 Å². The summed E-state index contributed by atoms with van der Waals surface area (Å²) in [6.07, 6.45) is 4.22. The molecule has 0 aromatic carbocycles. The zero-order valence-corrected chi connectivity index (χ0v) is 12.0. The van der Waals surface area contributed by atoms with Crippen molar-refractivity contribution in [2.75, 3.05) is 32.8 Å². The molecule has 5 heteroatoms. The molecule has 1 atom stereocenters. The van der Waals surface area contributed by atoms with Gasteiger partial charge in [-0.25, -0.2) is 0 Å². The fraction of sp³-hybridized carbons (Fsp3) is 0.923. The molecule has 0 spiro atoms. The Morgan fingerprint density at radius 1 is 1.39 bits per heavy atom. The number of carbonyl (C=O) groups excluding carboxylic acids is 1. The highest BCUT2D eigenvalue weighted by Crippen LogP contribution is 2.20. The molecule has 0 bridgehead atoms. The summed E-state index contributed by atoms with van der Waals surface area (Å²) in [5.41, 5.74) is 0. The lowest BCUT2D eigenvalue weighted by Gasteiger charge is -2.33. The fourth-order valence-electron chi connectivity index (χ4n) is 2.67. The fourth-order valence-corrected chi connectivity index (χ4v) is 2.67. The molecule has 2 rings (SSSR count). The first-order chi connectivity index (χ1) is 8.29. The monoisotopic (exact) mass is 276 g/mol. The molecule has 1 N–H and O–H groups in total. The van der Waals surface area contributed by atoms with E-state index in [4.69, 9.17) is 4.74 Å². The molecule has 2 aliphatic heterocycles. The minimum absolute atomic E-state index is 0. The van der Waals surface area contributed by atoms with Gasteiger partial charge in [0.15, 0.2) is 0 Å². The summed E-state index contributed by atoms with van der Waals surface area (Å²) >= 11 is 0. The number of nitrogens with zero attached hydrogens (tertiary/aromatic N) is 1. The van der Waals surface area contributed by atoms with Crippen LogP contribution in [0, 0.1) is 5.92 Å². The molecule has 2 saturated heterocycles. The molecule has 0 aliphatic carbocycles. The predicted molar refractivity (Wildman–Crippen MR) is 74.1 cm³/mol. The number of rotatable bonds is 3. The van der Waals surface area contributed by atoms with Gasteiger partial charge in [0.2, 0.25) is 5.91 Å². The lowest BCUT2D eigenvalue weighted by Crippen LogP contribution is -2.44. The van der Waals surface area contributed by atoms with Gasteiger partial charge in [-0.2, -0.15) is 0 Å². The number of halogens is 1. The van der Waals surface area contributed by atoms with E-state index in [1.54, 1.807) is 0 Å². The Balaban J connectivity index is 0.00000162. The molecule has 2 heterocycles. The maximum absolute atomic E-state index is 12.1. The molecule has 2 aliphatic rings. The minimum atomic E-state index is 0. The van der Waals surface area contributed by atoms with Crippen molar-refractivity contribution >= 4 is 18.3 Å². The van der Waals surface area contributed by atoms with Gasteiger partial charge in [0.1, 0.15) is 0 Å². The van der Waals surface area contributed by atoms with Crippen molar-refractivity contribution in [3.8, 4) is 0 Å². The number of carbonyl (C=O) groups is 1. The quantitative estimate of drug-likeness (QED) is 0.848. The van der Waals surface area contributed by atoms with E-state index >= 15 is 0 Å². The number of likely N-dealkylation sites (tertiary alicyclic amines) is 1. The Morgan fingerprint density at radius 2 is 2.11 bits per heavy atom. The molecular weight excluding hydrogens is 252 g/mol. The normalized spacial score (nSPS) is 25.6. The summed E-state index contributed by atoms with van der Waals surface area (Å²) < 4.78 is 5.57. The number of amides is 1. The second kappa shape index (κ2) is 7.97. The number of hydrogen-bond acceptors (Lipinski definition) is 3. The van der Waals surface area contributed by atoms with Gasteiger partial charge in [0.05, 0.1) is 19.1 Å². The van der Waals surface area contributed by atoms with Gasteiger partial charge >= 0.3 is 0 Å². The Labute approximate surface area is 116 Å². The zero-order chi connectivity index (χ0) is 12.1. The summed E-state index contributed by atoms with van der Waals surface area (Å²) in [6, 6.07) is 0. The minimum Gasteiger partial charge on any atom is -0.375 e. The van der Waals surface area contributed by atoms with Crippen molar-refractivity contribution in [2.24, 2.45) is 5.92 Å². The predicted octanol–water partition coefficient (Wildman–Crippen LogP) is 1.44. The number of piperidine rings is 1. The van der Waals surface area contributed by atoms with Gasteiger partial charge in [-0.3, -0.25) is 4.79 Å². The highest BCUT2D eigenvalue weighted by molar-refractivity contribution is 5.85. The third-order valence-corrected chi connectivity index (χ3v) is 3.95. The van der Waals surface area contributed by atoms with E-state index in [2.05, 4.69) is 12.2 Å². The molecule has 0 aromatic heterocycles. The Kier molecular flexibility index (Phi) is 6.97. The van der Waals surface area contributed by atoms with Gasteiger partial charge in [0, 0.05) is 26.2 Å². The van der Waals surface area contributed by atoms with E-state index in [1.165, 1.54) is 19.3 Å². The number of nitrogens with one attached hydrogen (secondary N) is 1. The van der Waals surface area contributed by atoms with E-state index in [-0.39, 0.29) is 24.4 Å². The Bertz CT molecular complexity index is 249. The molecule has 0 saturated carbocycles. The van der Waals surface area contributed by atoms with Crippen LogP contribution in [0.2, 0.25) is 0 Å². The molecule has 4 nitrogen and oxygen atoms in total. The van der Waals surface area contributed by atoms with Crippen LogP contribution in [0.1, 0.15) is 32.6 Å². The van der Waals surface area contributed by atoms with Crippen LogP contribution < -0.4 is 5.32 Å². The van der Waals surface area contributed by atoms with Gasteiger partial charge in [-0.05, 0) is 18.8 Å². The van der Waals surface area contributed by atoms with Crippen molar-refractivity contribution in [2.45, 2.75) is 38.7 Å². The summed E-state index contributed by atoms with van der Waals surface area (Å²) in [4.78, 5) is 14.1. The zero-order valence-electron chi connectivity index (χ0n) is 11.2. The second-order valence-corrected chi connectivity index (χ2v) is 5.13. The molecule has 0 radical (unpaired) electrons. The van der Waals surface area contributed by atoms with Crippen molar-refractivity contribution < 1.29 is 9.53 Å². The van der Waals surface area contributed by atoms with Crippen LogP contribution in [-0.4, -0.2) is 49.7 Å². The Morgan fingerprint density at radius 3 is 2.67 bits per heavy atom. The van der Waals surface area contributed by atoms with Crippen LogP contribution in [0.3, 0.4) is 0 Å². The molecule has 106 valence electrons. The largest absolute Gasteiger partial charge is 0.375 e. The van der Waals surface area contributed by atoms with Crippen LogP contribution in [0.4, 0.5) is 0 Å². The first-order valence-corrected chi connectivity index (χ1v) is 6.89. The van der Waals surface area contributed by atoms with Crippen LogP contribution in [-0.2, 0) is 9.53 Å². The molecular formula is C13H25ClN2O2. The van der Waals surface area contributed by atoms with Crippen LogP contribution >= 0.6 is 12.4 Å². The third-order valence-electron chi connectivity index (χ3n) is 3.95. The van der Waals surface area contributed by atoms with Crippen LogP contribution in [0.15, 0.2) is 0 Å². The standard InChI is InChI=1S/C13H24N2O2.ClH/c1-2-11-3-6-15(7-4-11)13(16)9-12-10-14-5-8-17-12;/h11-12,14H,2-10H2,1H3;1H. The van der Waals surface area contributed by atoms with E-state index < -0.39 is 0 Å². The topological polar surface area (TPSA) is 41.6 Å². The average Bonchev–Trinajstić information content (AvgIpc) is 2.40. The van der Waals surface area contributed by atoms with E-state index in [0.717, 1.165) is 38.7 Å². The highest BCUT2D eigenvalue weighted by atomic mass is 35.5. The first kappa shape index (κ1) is 15.7. The van der Waals surface area contributed by atoms with E-state index in [9.17, 15) is 4.79 Å². The first-order valence-electron chi connectivity index (χ1n) is 6.89. The van der Waals surface area contributed by atoms with E-state index in [0.29, 0.717) is 6.42 Å². The van der Waals surface area contributed by atoms with Crippen molar-refractivity contribution in [1.29, 1.82) is 0 Å². The molecule has 2 fully saturated rings. The maximum atomic E-state index is 12.1. The maximum Gasteiger partial charge on any atom is 0.225 e. The van der Waals surface area contributed by atoms with Crippen LogP contribution in [0.25, 0.3) is 0 Å². The Hall–Kier alpha value is -0.320. The highest BCUT2D eigenvalue weighted by Gasteiger charge is 2.25. The average molecular weight is 277 g/mol. The molecule has 1 unspecified atom stereocenters. The lowest BCUT2D eigenvalue weighted by molar-refractivity contribution is -0.136. The smallest absolute Gasteiger partial charge is 0.225 e. The number of hydrogen-bond donors (Lipinski definition) is 1. The van der Waals surface area contributed by atoms with Gasteiger partial charge in [0.25, 0.3) is 0 Å². The van der Waals surface area contributed by atoms with Gasteiger partial charge < -0.3 is 15.0 Å². The summed E-state index contributed by atoms with van der Waals surface area (Å²) in [5, 5.41) is 3.26. The SMILES string of the molecule is CCC1CCN(C(=O)CC2CNCCO2)CC1.Cl.